The highest BCUT2D eigenvalue weighted by Gasteiger charge is 2.51. The van der Waals surface area contributed by atoms with E-state index in [0.29, 0.717) is 25.3 Å². The van der Waals surface area contributed by atoms with Crippen LogP contribution in [-0.2, 0) is 28.9 Å². The zero-order valence-electron chi connectivity index (χ0n) is 21.1. The van der Waals surface area contributed by atoms with Crippen molar-refractivity contribution in [1.82, 2.24) is 5.32 Å². The van der Waals surface area contributed by atoms with Crippen LogP contribution in [0.2, 0.25) is 0 Å². The number of hydrogen-bond donors (Lipinski definition) is 2. The highest BCUT2D eigenvalue weighted by atomic mass is 32.2. The Kier molecular flexibility index (Phi) is 11.2. The first-order valence-corrected chi connectivity index (χ1v) is 13.4. The van der Waals surface area contributed by atoms with E-state index in [9.17, 15) is 18.0 Å². The summed E-state index contributed by atoms with van der Waals surface area (Å²) in [6.45, 7) is 4.91. The molecule has 3 N–H and O–H groups in total. The third-order valence-electron chi connectivity index (χ3n) is 5.89. The summed E-state index contributed by atoms with van der Waals surface area (Å²) in [5.74, 6) is -0.509. The highest BCUT2D eigenvalue weighted by molar-refractivity contribution is 7.93. The number of primary amides is 1. The van der Waals surface area contributed by atoms with Gasteiger partial charge in [-0.15, -0.1) is 0 Å². The van der Waals surface area contributed by atoms with Gasteiger partial charge in [-0.25, -0.2) is 8.42 Å². The summed E-state index contributed by atoms with van der Waals surface area (Å²) >= 11 is 0. The third-order valence-corrected chi connectivity index (χ3v) is 8.43. The Morgan fingerprint density at radius 1 is 1.19 bits per heavy atom. The Balaban J connectivity index is 1.89. The van der Waals surface area contributed by atoms with Crippen molar-refractivity contribution in [3.8, 4) is 5.75 Å². The number of allylic oxidation sites excluding steroid dienone is 5. The van der Waals surface area contributed by atoms with Crippen LogP contribution >= 0.6 is 0 Å². The normalized spacial score (nSPS) is 16.5. The quantitative estimate of drug-likeness (QED) is 0.177. The molecule has 1 heterocycles. The van der Waals surface area contributed by atoms with Gasteiger partial charge >= 0.3 is 0 Å². The lowest BCUT2D eigenvalue weighted by atomic mass is 9.98. The molecule has 0 unspecified atom stereocenters. The van der Waals surface area contributed by atoms with Gasteiger partial charge in [-0.05, 0) is 68.5 Å². The molecular weight excluding hydrogens is 484 g/mol. The Morgan fingerprint density at radius 2 is 1.86 bits per heavy atom. The average Bonchev–Trinajstić information content (AvgIpc) is 2.89. The van der Waals surface area contributed by atoms with Crippen molar-refractivity contribution < 1.29 is 32.2 Å². The van der Waals surface area contributed by atoms with Crippen LogP contribution in [0.1, 0.15) is 39.5 Å². The van der Waals surface area contributed by atoms with E-state index in [-0.39, 0.29) is 42.6 Å². The molecule has 0 saturated carbocycles. The van der Waals surface area contributed by atoms with Crippen molar-refractivity contribution in [3.05, 3.63) is 59.9 Å². The summed E-state index contributed by atoms with van der Waals surface area (Å²) in [6, 6.07) is 5.89. The number of ether oxygens (including phenoxy) is 3. The number of amides is 2. The molecule has 1 aliphatic rings. The molecule has 0 aromatic heterocycles. The molecule has 10 heteroatoms. The first-order chi connectivity index (χ1) is 17.2. The number of carbonyl (C=O) groups excluding carboxylic acids is 2. The summed E-state index contributed by atoms with van der Waals surface area (Å²) in [4.78, 5) is 24.5. The molecule has 0 bridgehead atoms. The van der Waals surface area contributed by atoms with Crippen LogP contribution in [0.4, 0.5) is 0 Å². The highest BCUT2D eigenvalue weighted by Crippen LogP contribution is 2.35. The van der Waals surface area contributed by atoms with E-state index in [4.69, 9.17) is 19.9 Å². The first-order valence-electron chi connectivity index (χ1n) is 11.9. The number of nitrogens with one attached hydrogen (secondary N) is 1. The van der Waals surface area contributed by atoms with Gasteiger partial charge in [-0.2, -0.15) is 0 Å². The van der Waals surface area contributed by atoms with Crippen LogP contribution in [-0.4, -0.2) is 58.5 Å². The van der Waals surface area contributed by atoms with Crippen molar-refractivity contribution in [2.45, 2.75) is 49.2 Å². The molecule has 1 aliphatic heterocycles. The molecule has 1 aromatic rings. The monoisotopic (exact) mass is 520 g/mol. The predicted molar refractivity (Wildman–Crippen MR) is 137 cm³/mol. The molecule has 0 radical (unpaired) electrons. The van der Waals surface area contributed by atoms with Crippen molar-refractivity contribution in [2.75, 3.05) is 33.5 Å². The van der Waals surface area contributed by atoms with Gasteiger partial charge in [-0.3, -0.25) is 9.59 Å². The predicted octanol–water partition coefficient (Wildman–Crippen LogP) is 2.82. The Labute approximate surface area is 213 Å². The zero-order valence-corrected chi connectivity index (χ0v) is 21.9. The van der Waals surface area contributed by atoms with E-state index in [1.165, 1.54) is 31.4 Å². The molecule has 1 saturated heterocycles. The summed E-state index contributed by atoms with van der Waals surface area (Å²) in [7, 11) is -2.54. The number of methoxy groups -OCH3 is 1. The molecule has 0 atom stereocenters. The van der Waals surface area contributed by atoms with Crippen molar-refractivity contribution in [2.24, 2.45) is 5.73 Å². The maximum atomic E-state index is 13.2. The minimum atomic E-state index is -3.99. The lowest BCUT2D eigenvalue weighted by Crippen LogP contribution is -2.53. The molecule has 0 spiro atoms. The molecule has 2 amide bonds. The van der Waals surface area contributed by atoms with Crippen molar-refractivity contribution in [3.63, 3.8) is 0 Å². The molecule has 1 aromatic carbocycles. The Morgan fingerprint density at radius 3 is 2.42 bits per heavy atom. The standard InChI is InChI=1S/C26H36N2O7S/c1-4-6-8-20(5-2)19-23(33-3)24(29)28-15-7-16-35-21-9-11-22(12-10-21)36(31,32)26(25(27)30)13-17-34-18-14-26/h5-6,8-12,19H,4,7,13-18H2,1-3H3,(H2,27,30)(H,28,29)/b8-6-,20-5+,23-19-. The second kappa shape index (κ2) is 13.8. The molecule has 9 nitrogen and oxygen atoms in total. The summed E-state index contributed by atoms with van der Waals surface area (Å²) in [6.07, 6.45) is 8.96. The SMILES string of the molecule is C/C=C(\C=C/CC)/C=C(\OC)C(=O)NCCCOc1ccc(S(=O)(=O)C2(C(N)=O)CCOCC2)cc1. The van der Waals surface area contributed by atoms with Crippen LogP contribution < -0.4 is 15.8 Å². The largest absolute Gasteiger partial charge is 0.494 e. The molecule has 2 rings (SSSR count). The summed E-state index contributed by atoms with van der Waals surface area (Å²) in [5.41, 5.74) is 6.37. The molecule has 36 heavy (non-hydrogen) atoms. The van der Waals surface area contributed by atoms with Gasteiger partial charge in [0.05, 0.1) is 18.6 Å². The van der Waals surface area contributed by atoms with Gasteiger partial charge in [0.15, 0.2) is 20.3 Å². The molecule has 198 valence electrons. The van der Waals surface area contributed by atoms with Crippen LogP contribution in [0.3, 0.4) is 0 Å². The second-order valence-corrected chi connectivity index (χ2v) is 10.5. The molecule has 0 aliphatic carbocycles. The summed E-state index contributed by atoms with van der Waals surface area (Å²) < 4.78 is 40.8. The average molecular weight is 521 g/mol. The second-order valence-electron chi connectivity index (χ2n) is 8.22. The number of hydrogen-bond acceptors (Lipinski definition) is 7. The number of carbonyl (C=O) groups is 2. The van der Waals surface area contributed by atoms with E-state index in [0.717, 1.165) is 12.0 Å². The fourth-order valence-electron chi connectivity index (χ4n) is 3.69. The van der Waals surface area contributed by atoms with E-state index in [2.05, 4.69) is 5.32 Å². The number of benzene rings is 1. The van der Waals surface area contributed by atoms with Gasteiger partial charge in [0, 0.05) is 19.8 Å². The van der Waals surface area contributed by atoms with E-state index < -0.39 is 20.5 Å². The van der Waals surface area contributed by atoms with Gasteiger partial charge < -0.3 is 25.3 Å². The molecule has 1 fully saturated rings. The van der Waals surface area contributed by atoms with Gasteiger partial charge in [-0.1, -0.05) is 25.2 Å². The lowest BCUT2D eigenvalue weighted by Gasteiger charge is -2.33. The summed E-state index contributed by atoms with van der Waals surface area (Å²) in [5, 5.41) is 2.79. The van der Waals surface area contributed by atoms with E-state index >= 15 is 0 Å². The number of rotatable bonds is 13. The van der Waals surface area contributed by atoms with Crippen LogP contribution in [0.15, 0.2) is 64.8 Å². The fraction of sp³-hybridized carbons (Fsp3) is 0.462. The minimum absolute atomic E-state index is 0.0102. The van der Waals surface area contributed by atoms with Crippen LogP contribution in [0.5, 0.6) is 5.75 Å². The Bertz CT molecular complexity index is 1080. The molecular formula is C26H36N2O7S. The maximum absolute atomic E-state index is 13.2. The van der Waals surface area contributed by atoms with Gasteiger partial charge in [0.1, 0.15) is 5.75 Å². The number of nitrogens with two attached hydrogens (primary N) is 1. The van der Waals surface area contributed by atoms with Crippen molar-refractivity contribution in [1.29, 1.82) is 0 Å². The first kappa shape index (κ1) is 29.1. The number of sulfone groups is 1. The van der Waals surface area contributed by atoms with Crippen LogP contribution in [0.25, 0.3) is 0 Å². The fourth-order valence-corrected chi connectivity index (χ4v) is 5.61. The smallest absolute Gasteiger partial charge is 0.286 e. The van der Waals surface area contributed by atoms with Gasteiger partial charge in [0.25, 0.3) is 5.91 Å². The topological polar surface area (TPSA) is 134 Å². The third kappa shape index (κ3) is 7.20. The van der Waals surface area contributed by atoms with E-state index in [1.807, 2.05) is 32.1 Å². The van der Waals surface area contributed by atoms with Crippen molar-refractivity contribution >= 4 is 21.7 Å². The lowest BCUT2D eigenvalue weighted by molar-refractivity contribution is -0.123. The Hall–Kier alpha value is -3.11. The van der Waals surface area contributed by atoms with Gasteiger partial charge in [0.2, 0.25) is 5.91 Å². The minimum Gasteiger partial charge on any atom is -0.494 e. The van der Waals surface area contributed by atoms with Crippen LogP contribution in [0, 0.1) is 0 Å². The maximum Gasteiger partial charge on any atom is 0.286 e. The van der Waals surface area contributed by atoms with E-state index in [1.54, 1.807) is 6.08 Å². The zero-order chi connectivity index (χ0) is 26.6.